The van der Waals surface area contributed by atoms with E-state index in [0.717, 1.165) is 0 Å². The molecule has 2 aliphatic heterocycles. The molecule has 2 nitrogen and oxygen atoms in total. The van der Waals surface area contributed by atoms with E-state index in [0.29, 0.717) is 0 Å². The van der Waals surface area contributed by atoms with Crippen LogP contribution in [0.15, 0.2) is 164 Å². The Kier molecular flexibility index (Phi) is 5.23. The predicted molar refractivity (Wildman–Crippen MR) is 216 cm³/mol. The van der Waals surface area contributed by atoms with Gasteiger partial charge in [-0.3, -0.25) is 0 Å². The number of para-hydroxylation sites is 1. The van der Waals surface area contributed by atoms with Gasteiger partial charge in [-0.05, 0) is 85.6 Å². The topological polar surface area (TPSA) is 8.17 Å². The number of benzene rings is 8. The van der Waals surface area contributed by atoms with E-state index in [1.54, 1.807) is 0 Å². The molecule has 0 fully saturated rings. The SMILES string of the molecule is c1ccc(-c2ccc(N3B4c5c(cc6ccccc6c5-c5cc6ccccc6cc53)-n3c5c4cccc5c4sc5ccccc5c43)cc2)cc1. The molecule has 10 aromatic rings. The van der Waals surface area contributed by atoms with E-state index in [9.17, 15) is 0 Å². The Morgan fingerprint density at radius 2 is 1.14 bits per heavy atom. The third kappa shape index (κ3) is 3.43. The fourth-order valence-electron chi connectivity index (χ4n) is 9.03. The zero-order valence-corrected chi connectivity index (χ0v) is 27.8. The first-order valence-corrected chi connectivity index (χ1v) is 18.1. The van der Waals surface area contributed by atoms with E-state index in [-0.39, 0.29) is 6.85 Å². The second-order valence-electron chi connectivity index (χ2n) is 13.7. The largest absolute Gasteiger partial charge is 0.376 e. The van der Waals surface area contributed by atoms with Crippen LogP contribution in [-0.4, -0.2) is 11.4 Å². The van der Waals surface area contributed by atoms with Crippen molar-refractivity contribution in [2.45, 2.75) is 0 Å². The summed E-state index contributed by atoms with van der Waals surface area (Å²) in [6.45, 7) is -0.00712. The van der Waals surface area contributed by atoms with Gasteiger partial charge in [0.2, 0.25) is 0 Å². The molecule has 4 heterocycles. The van der Waals surface area contributed by atoms with Crippen LogP contribution in [0.4, 0.5) is 11.4 Å². The van der Waals surface area contributed by atoms with Crippen LogP contribution in [0.5, 0.6) is 0 Å². The molecule has 4 heteroatoms. The highest BCUT2D eigenvalue weighted by Crippen LogP contribution is 2.49. The summed E-state index contributed by atoms with van der Waals surface area (Å²) in [7, 11) is 0. The minimum Gasteiger partial charge on any atom is -0.376 e. The monoisotopic (exact) mass is 650 g/mol. The lowest BCUT2D eigenvalue weighted by Gasteiger charge is -2.42. The first-order chi connectivity index (χ1) is 24.8. The molecule has 0 radical (unpaired) electrons. The number of hydrogen-bond acceptors (Lipinski definition) is 2. The first kappa shape index (κ1) is 26.8. The van der Waals surface area contributed by atoms with Crippen LogP contribution in [0.2, 0.25) is 0 Å². The quantitative estimate of drug-likeness (QED) is 0.169. The molecule has 2 aromatic heterocycles. The van der Waals surface area contributed by atoms with Crippen LogP contribution in [-0.2, 0) is 0 Å². The normalized spacial score (nSPS) is 13.1. The van der Waals surface area contributed by atoms with Gasteiger partial charge in [-0.2, -0.15) is 0 Å². The molecule has 0 amide bonds. The number of nitrogens with zero attached hydrogens (tertiary/aromatic N) is 2. The summed E-state index contributed by atoms with van der Waals surface area (Å²) in [6.07, 6.45) is 0. The van der Waals surface area contributed by atoms with E-state index < -0.39 is 0 Å². The van der Waals surface area contributed by atoms with Crippen molar-refractivity contribution in [1.29, 1.82) is 0 Å². The number of anilines is 2. The minimum atomic E-state index is -0.00712. The maximum absolute atomic E-state index is 2.63. The molecule has 0 aliphatic carbocycles. The average Bonchev–Trinajstić information content (AvgIpc) is 3.72. The standard InChI is InChI=1S/C46H27BN2S/c1-2-11-28(12-3-1)29-21-23-33(24-22-29)49-39-26-31-14-5-4-13-30(31)25-37(39)42-34-16-7-6-15-32(34)27-40-43(42)47(49)38-19-10-18-36-44(38)48(40)45-35-17-8-9-20-41(35)50-46(36)45/h1-27H. The molecule has 50 heavy (non-hydrogen) atoms. The summed E-state index contributed by atoms with van der Waals surface area (Å²) in [6, 6.07) is 61.0. The summed E-state index contributed by atoms with van der Waals surface area (Å²) in [5.41, 5.74) is 14.2. The number of thiophene rings is 1. The lowest BCUT2D eigenvalue weighted by atomic mass is 9.43. The van der Waals surface area contributed by atoms with Crippen molar-refractivity contribution < 1.29 is 0 Å². The summed E-state index contributed by atoms with van der Waals surface area (Å²) < 4.78 is 5.32. The Labute approximate surface area is 293 Å². The molecule has 0 unspecified atom stereocenters. The van der Waals surface area contributed by atoms with Crippen LogP contribution in [0.3, 0.4) is 0 Å². The third-order valence-corrected chi connectivity index (χ3v) is 12.3. The molecule has 230 valence electrons. The maximum Gasteiger partial charge on any atom is 0.333 e. The Balaban J connectivity index is 1.26. The van der Waals surface area contributed by atoms with Gasteiger partial charge in [0.05, 0.1) is 15.7 Å². The smallest absolute Gasteiger partial charge is 0.333 e. The van der Waals surface area contributed by atoms with Gasteiger partial charge in [0, 0.05) is 38.1 Å². The fraction of sp³-hybridized carbons (Fsp3) is 0. The fourth-order valence-corrected chi connectivity index (χ4v) is 10.2. The van der Waals surface area contributed by atoms with Gasteiger partial charge in [0.25, 0.3) is 0 Å². The Morgan fingerprint density at radius 1 is 0.480 bits per heavy atom. The lowest BCUT2D eigenvalue weighted by Crippen LogP contribution is -2.60. The highest BCUT2D eigenvalue weighted by atomic mass is 32.1. The van der Waals surface area contributed by atoms with Gasteiger partial charge in [-0.1, -0.05) is 127 Å². The van der Waals surface area contributed by atoms with Gasteiger partial charge in [0.15, 0.2) is 0 Å². The van der Waals surface area contributed by atoms with Crippen molar-refractivity contribution in [2.75, 3.05) is 4.81 Å². The number of aromatic nitrogens is 1. The van der Waals surface area contributed by atoms with Crippen molar-refractivity contribution in [2.24, 2.45) is 0 Å². The molecule has 0 saturated heterocycles. The van der Waals surface area contributed by atoms with Crippen molar-refractivity contribution >= 4 is 93.2 Å². The average molecular weight is 651 g/mol. The number of rotatable bonds is 2. The van der Waals surface area contributed by atoms with Crippen molar-refractivity contribution in [3.8, 4) is 27.9 Å². The van der Waals surface area contributed by atoms with E-state index in [1.807, 2.05) is 11.3 Å². The second-order valence-corrected chi connectivity index (χ2v) is 14.7. The summed E-state index contributed by atoms with van der Waals surface area (Å²) >= 11 is 1.92. The summed E-state index contributed by atoms with van der Waals surface area (Å²) in [5, 5.41) is 7.75. The van der Waals surface area contributed by atoms with E-state index in [2.05, 4.69) is 173 Å². The highest BCUT2D eigenvalue weighted by Gasteiger charge is 2.44. The van der Waals surface area contributed by atoms with E-state index in [1.165, 1.54) is 103 Å². The van der Waals surface area contributed by atoms with Gasteiger partial charge in [0.1, 0.15) is 0 Å². The molecule has 0 spiro atoms. The van der Waals surface area contributed by atoms with E-state index in [4.69, 9.17) is 0 Å². The van der Waals surface area contributed by atoms with Crippen LogP contribution in [0, 0.1) is 0 Å². The van der Waals surface area contributed by atoms with Crippen LogP contribution in [0.25, 0.3) is 80.7 Å². The molecular formula is C46H27BN2S. The van der Waals surface area contributed by atoms with Crippen molar-refractivity contribution in [1.82, 2.24) is 4.57 Å². The minimum absolute atomic E-state index is 0.00712. The molecule has 0 bridgehead atoms. The van der Waals surface area contributed by atoms with Gasteiger partial charge < -0.3 is 9.38 Å². The van der Waals surface area contributed by atoms with E-state index >= 15 is 0 Å². The summed E-state index contributed by atoms with van der Waals surface area (Å²) in [5.74, 6) is 0. The molecule has 8 aromatic carbocycles. The summed E-state index contributed by atoms with van der Waals surface area (Å²) in [4.78, 5) is 2.63. The van der Waals surface area contributed by atoms with Crippen LogP contribution in [0.1, 0.15) is 0 Å². The zero-order valence-electron chi connectivity index (χ0n) is 27.0. The third-order valence-electron chi connectivity index (χ3n) is 11.1. The Morgan fingerprint density at radius 3 is 1.98 bits per heavy atom. The number of hydrogen-bond donors (Lipinski definition) is 0. The van der Waals surface area contributed by atoms with Crippen molar-refractivity contribution in [3.63, 3.8) is 0 Å². The first-order valence-electron chi connectivity index (χ1n) is 17.3. The van der Waals surface area contributed by atoms with Crippen molar-refractivity contribution in [3.05, 3.63) is 164 Å². The molecule has 12 rings (SSSR count). The highest BCUT2D eigenvalue weighted by molar-refractivity contribution is 7.26. The molecule has 0 saturated carbocycles. The Bertz CT molecular complexity index is 3050. The second kappa shape index (κ2) is 9.75. The molecule has 0 atom stereocenters. The Hall–Kier alpha value is -6.10. The number of fused-ring (bicyclic) bond motifs is 12. The molecule has 0 N–H and O–H groups in total. The molecule has 2 aliphatic rings. The lowest BCUT2D eigenvalue weighted by molar-refractivity contribution is 1.19. The maximum atomic E-state index is 2.63. The van der Waals surface area contributed by atoms with Gasteiger partial charge in [-0.25, -0.2) is 0 Å². The zero-order chi connectivity index (χ0) is 32.5. The van der Waals surface area contributed by atoms with Crippen LogP contribution >= 0.6 is 11.3 Å². The van der Waals surface area contributed by atoms with Gasteiger partial charge >= 0.3 is 6.85 Å². The van der Waals surface area contributed by atoms with Gasteiger partial charge in [-0.15, -0.1) is 11.3 Å². The molecular weight excluding hydrogens is 623 g/mol. The van der Waals surface area contributed by atoms with Crippen LogP contribution < -0.4 is 15.7 Å². The predicted octanol–water partition coefficient (Wildman–Crippen LogP) is 11.2.